The van der Waals surface area contributed by atoms with E-state index in [2.05, 4.69) is 10.3 Å². The van der Waals surface area contributed by atoms with E-state index >= 15 is 0 Å². The smallest absolute Gasteiger partial charge is 0.339 e. The Balaban J connectivity index is 1.92. The first-order valence-electron chi connectivity index (χ1n) is 6.27. The number of nitrogens with zero attached hydrogens (tertiary/aromatic N) is 1. The van der Waals surface area contributed by atoms with Gasteiger partial charge in [0.05, 0.1) is 12.2 Å². The van der Waals surface area contributed by atoms with Crippen LogP contribution in [0.1, 0.15) is 30.1 Å². The molecular formula is C13H18N2O3. The molecule has 0 unspecified atom stereocenters. The number of aromatic nitrogens is 1. The maximum absolute atomic E-state index is 11.4. The highest BCUT2D eigenvalue weighted by molar-refractivity contribution is 5.89. The molecule has 98 valence electrons. The Morgan fingerprint density at radius 2 is 2.28 bits per heavy atom. The zero-order valence-electron chi connectivity index (χ0n) is 10.5. The van der Waals surface area contributed by atoms with Gasteiger partial charge in [0.1, 0.15) is 5.82 Å². The van der Waals surface area contributed by atoms with Gasteiger partial charge in [0.25, 0.3) is 0 Å². The molecule has 18 heavy (non-hydrogen) atoms. The molecule has 1 N–H and O–H groups in total. The molecule has 2 rings (SSSR count). The van der Waals surface area contributed by atoms with Crippen molar-refractivity contribution in [3.63, 3.8) is 0 Å². The van der Waals surface area contributed by atoms with Crippen molar-refractivity contribution in [1.29, 1.82) is 0 Å². The second-order valence-electron chi connectivity index (χ2n) is 4.18. The number of anilines is 1. The lowest BCUT2D eigenvalue weighted by molar-refractivity contribution is 0.0526. The minimum atomic E-state index is -0.331. The van der Waals surface area contributed by atoms with Crippen LogP contribution in [0.2, 0.25) is 0 Å². The Morgan fingerprint density at radius 3 is 2.89 bits per heavy atom. The highest BCUT2D eigenvalue weighted by atomic mass is 16.5. The molecule has 5 heteroatoms. The first kappa shape index (κ1) is 12.8. The number of nitrogens with one attached hydrogen (secondary N) is 1. The maximum atomic E-state index is 11.4. The Labute approximate surface area is 107 Å². The molecule has 1 aromatic rings. The molecule has 2 heterocycles. The van der Waals surface area contributed by atoms with Crippen molar-refractivity contribution in [1.82, 2.24) is 4.98 Å². The van der Waals surface area contributed by atoms with Crippen LogP contribution in [0, 0.1) is 0 Å². The van der Waals surface area contributed by atoms with Gasteiger partial charge in [-0.25, -0.2) is 9.78 Å². The van der Waals surface area contributed by atoms with Crippen LogP contribution in [-0.4, -0.2) is 36.8 Å². The van der Waals surface area contributed by atoms with Crippen molar-refractivity contribution in [3.8, 4) is 0 Å². The van der Waals surface area contributed by atoms with E-state index in [0.29, 0.717) is 18.2 Å². The summed E-state index contributed by atoms with van der Waals surface area (Å²) in [7, 11) is 0. The van der Waals surface area contributed by atoms with E-state index < -0.39 is 0 Å². The Hall–Kier alpha value is -1.62. The van der Waals surface area contributed by atoms with Gasteiger partial charge in [-0.05, 0) is 31.9 Å². The van der Waals surface area contributed by atoms with Gasteiger partial charge in [-0.1, -0.05) is 0 Å². The van der Waals surface area contributed by atoms with Crippen LogP contribution in [0.15, 0.2) is 18.3 Å². The van der Waals surface area contributed by atoms with Crippen molar-refractivity contribution in [2.24, 2.45) is 0 Å². The first-order valence-corrected chi connectivity index (χ1v) is 6.27. The van der Waals surface area contributed by atoms with Crippen LogP contribution in [0.4, 0.5) is 5.82 Å². The van der Waals surface area contributed by atoms with Crippen molar-refractivity contribution in [2.45, 2.75) is 25.8 Å². The first-order chi connectivity index (χ1) is 8.79. The van der Waals surface area contributed by atoms with Crippen LogP contribution in [0.3, 0.4) is 0 Å². The van der Waals surface area contributed by atoms with Gasteiger partial charge < -0.3 is 14.8 Å². The summed E-state index contributed by atoms with van der Waals surface area (Å²) in [4.78, 5) is 15.7. The van der Waals surface area contributed by atoms with Gasteiger partial charge in [0.2, 0.25) is 0 Å². The molecule has 0 saturated carbocycles. The summed E-state index contributed by atoms with van der Waals surface area (Å²) < 4.78 is 10.2. The SMILES string of the molecule is CCOC(=O)c1ccc(NC2CCOCC2)nc1. The molecule has 0 aromatic carbocycles. The number of hydrogen-bond acceptors (Lipinski definition) is 5. The van der Waals surface area contributed by atoms with Gasteiger partial charge in [0, 0.05) is 25.5 Å². The molecule has 0 bridgehead atoms. The fourth-order valence-electron chi connectivity index (χ4n) is 1.87. The molecule has 0 spiro atoms. The third-order valence-electron chi connectivity index (χ3n) is 2.85. The average Bonchev–Trinajstić information content (AvgIpc) is 2.41. The zero-order chi connectivity index (χ0) is 12.8. The van der Waals surface area contributed by atoms with E-state index in [0.717, 1.165) is 31.9 Å². The zero-order valence-corrected chi connectivity index (χ0v) is 10.5. The minimum absolute atomic E-state index is 0.331. The summed E-state index contributed by atoms with van der Waals surface area (Å²) in [5.41, 5.74) is 0.481. The van der Waals surface area contributed by atoms with Crippen LogP contribution in [0.5, 0.6) is 0 Å². The van der Waals surface area contributed by atoms with E-state index in [1.165, 1.54) is 0 Å². The van der Waals surface area contributed by atoms with Gasteiger partial charge in [-0.15, -0.1) is 0 Å². The van der Waals surface area contributed by atoms with Gasteiger partial charge in [-0.3, -0.25) is 0 Å². The van der Waals surface area contributed by atoms with Crippen molar-refractivity contribution in [2.75, 3.05) is 25.1 Å². The topological polar surface area (TPSA) is 60.5 Å². The molecule has 1 aliphatic heterocycles. The lowest BCUT2D eigenvalue weighted by Gasteiger charge is -2.23. The molecule has 1 aliphatic rings. The number of ether oxygens (including phenoxy) is 2. The van der Waals surface area contributed by atoms with Crippen LogP contribution < -0.4 is 5.32 Å². The summed E-state index contributed by atoms with van der Waals surface area (Å²) in [6.07, 6.45) is 3.52. The molecule has 0 radical (unpaired) electrons. The van der Waals surface area contributed by atoms with E-state index in [1.807, 2.05) is 6.07 Å². The summed E-state index contributed by atoms with van der Waals surface area (Å²) in [5, 5.41) is 3.34. The Bertz CT molecular complexity index is 386. The predicted molar refractivity (Wildman–Crippen MR) is 67.7 cm³/mol. The molecule has 1 fully saturated rings. The van der Waals surface area contributed by atoms with E-state index in [4.69, 9.17) is 9.47 Å². The summed E-state index contributed by atoms with van der Waals surface area (Å²) in [6, 6.07) is 3.94. The number of hydrogen-bond donors (Lipinski definition) is 1. The number of pyridine rings is 1. The quantitative estimate of drug-likeness (QED) is 0.826. The number of carbonyl (C=O) groups is 1. The molecular weight excluding hydrogens is 232 g/mol. The Morgan fingerprint density at radius 1 is 1.50 bits per heavy atom. The number of carbonyl (C=O) groups excluding carboxylic acids is 1. The van der Waals surface area contributed by atoms with Crippen LogP contribution >= 0.6 is 0 Å². The van der Waals surface area contributed by atoms with Gasteiger partial charge in [-0.2, -0.15) is 0 Å². The summed E-state index contributed by atoms with van der Waals surface area (Å²) >= 11 is 0. The van der Waals surface area contributed by atoms with E-state index in [1.54, 1.807) is 19.2 Å². The van der Waals surface area contributed by atoms with Gasteiger partial charge >= 0.3 is 5.97 Å². The lowest BCUT2D eigenvalue weighted by atomic mass is 10.1. The second kappa shape index (κ2) is 6.35. The molecule has 0 atom stereocenters. The fourth-order valence-corrected chi connectivity index (χ4v) is 1.87. The van der Waals surface area contributed by atoms with Crippen LogP contribution in [0.25, 0.3) is 0 Å². The number of esters is 1. The molecule has 5 nitrogen and oxygen atoms in total. The summed E-state index contributed by atoms with van der Waals surface area (Å²) in [6.45, 7) is 3.74. The van der Waals surface area contributed by atoms with Gasteiger partial charge in [0.15, 0.2) is 0 Å². The maximum Gasteiger partial charge on any atom is 0.339 e. The average molecular weight is 250 g/mol. The normalized spacial score (nSPS) is 16.3. The third-order valence-corrected chi connectivity index (χ3v) is 2.85. The monoisotopic (exact) mass is 250 g/mol. The fraction of sp³-hybridized carbons (Fsp3) is 0.538. The lowest BCUT2D eigenvalue weighted by Crippen LogP contribution is -2.28. The van der Waals surface area contributed by atoms with E-state index in [9.17, 15) is 4.79 Å². The molecule has 0 aliphatic carbocycles. The highest BCUT2D eigenvalue weighted by Crippen LogP contribution is 2.13. The number of rotatable bonds is 4. The predicted octanol–water partition coefficient (Wildman–Crippen LogP) is 1.85. The van der Waals surface area contributed by atoms with Crippen LogP contribution in [-0.2, 0) is 9.47 Å². The standard InChI is InChI=1S/C13H18N2O3/c1-2-18-13(16)10-3-4-12(14-9-10)15-11-5-7-17-8-6-11/h3-4,9,11H,2,5-8H2,1H3,(H,14,15). The minimum Gasteiger partial charge on any atom is -0.462 e. The van der Waals surface area contributed by atoms with Crippen molar-refractivity contribution < 1.29 is 14.3 Å². The van der Waals surface area contributed by atoms with Crippen molar-refractivity contribution in [3.05, 3.63) is 23.9 Å². The molecule has 1 aromatic heterocycles. The third kappa shape index (κ3) is 3.43. The molecule has 1 saturated heterocycles. The largest absolute Gasteiger partial charge is 0.462 e. The summed E-state index contributed by atoms with van der Waals surface area (Å²) in [5.74, 6) is 0.456. The highest BCUT2D eigenvalue weighted by Gasteiger charge is 2.14. The molecule has 0 amide bonds. The van der Waals surface area contributed by atoms with E-state index in [-0.39, 0.29) is 5.97 Å². The Kier molecular flexibility index (Phi) is 4.52. The second-order valence-corrected chi connectivity index (χ2v) is 4.18. The van der Waals surface area contributed by atoms with Crippen molar-refractivity contribution >= 4 is 11.8 Å².